The van der Waals surface area contributed by atoms with Crippen molar-refractivity contribution in [1.29, 1.82) is 0 Å². The third-order valence-corrected chi connectivity index (χ3v) is 4.44. The summed E-state index contributed by atoms with van der Waals surface area (Å²) in [4.78, 5) is 0. The van der Waals surface area contributed by atoms with Crippen molar-refractivity contribution in [2.75, 3.05) is 13.6 Å². The number of rotatable bonds is 10. The summed E-state index contributed by atoms with van der Waals surface area (Å²) in [6, 6.07) is 7.69. The van der Waals surface area contributed by atoms with Crippen LogP contribution >= 0.6 is 0 Å². The van der Waals surface area contributed by atoms with E-state index in [9.17, 15) is 8.42 Å². The molecule has 0 aliphatic heterocycles. The Hall–Kier alpha value is -0.910. The fraction of sp³-hybridized carbons (Fsp3) is 0.600. The summed E-state index contributed by atoms with van der Waals surface area (Å²) in [5.41, 5.74) is 1.93. The molecule has 0 atom stereocenters. The van der Waals surface area contributed by atoms with E-state index in [1.165, 1.54) is 0 Å². The average molecular weight is 298 g/mol. The van der Waals surface area contributed by atoms with E-state index in [1.54, 1.807) is 0 Å². The van der Waals surface area contributed by atoms with Crippen LogP contribution < -0.4 is 10.0 Å². The molecule has 0 amide bonds. The molecule has 1 aromatic carbocycles. The summed E-state index contributed by atoms with van der Waals surface area (Å²) in [6.07, 6.45) is 4.31. The van der Waals surface area contributed by atoms with Crippen molar-refractivity contribution in [2.45, 2.75) is 44.9 Å². The Morgan fingerprint density at radius 1 is 1.10 bits per heavy atom. The Kier molecular flexibility index (Phi) is 7.80. The Balaban J connectivity index is 2.47. The molecule has 0 saturated carbocycles. The lowest BCUT2D eigenvalue weighted by molar-refractivity contribution is 0.573. The molecule has 0 fully saturated rings. The van der Waals surface area contributed by atoms with Gasteiger partial charge in [0, 0.05) is 13.1 Å². The maximum atomic E-state index is 12.0. The van der Waals surface area contributed by atoms with Crippen molar-refractivity contribution in [3.63, 3.8) is 0 Å². The van der Waals surface area contributed by atoms with Crippen LogP contribution in [-0.2, 0) is 22.3 Å². The number of sulfonamides is 1. The highest BCUT2D eigenvalue weighted by molar-refractivity contribution is 7.88. The second-order valence-corrected chi connectivity index (χ2v) is 6.87. The van der Waals surface area contributed by atoms with Gasteiger partial charge in [-0.2, -0.15) is 0 Å². The van der Waals surface area contributed by atoms with Crippen molar-refractivity contribution >= 4 is 10.0 Å². The van der Waals surface area contributed by atoms with Gasteiger partial charge in [-0.05, 0) is 24.6 Å². The van der Waals surface area contributed by atoms with E-state index in [4.69, 9.17) is 0 Å². The predicted octanol–water partition coefficient (Wildman–Crippen LogP) is 2.41. The Labute approximate surface area is 123 Å². The van der Waals surface area contributed by atoms with Crippen LogP contribution in [0.3, 0.4) is 0 Å². The molecule has 114 valence electrons. The Bertz CT molecular complexity index is 486. The molecular formula is C15H26N2O2S. The standard InChI is InChI=1S/C15H26N2O2S/c1-3-4-5-6-10-17-20(18,19)13-15-9-7-8-14(11-15)12-16-2/h7-9,11,16-17H,3-6,10,12-13H2,1-2H3. The minimum absolute atomic E-state index is 0.0539. The van der Waals surface area contributed by atoms with Gasteiger partial charge in [0.05, 0.1) is 5.75 Å². The quantitative estimate of drug-likeness (QED) is 0.652. The van der Waals surface area contributed by atoms with E-state index in [1.807, 2.05) is 31.3 Å². The van der Waals surface area contributed by atoms with Crippen molar-refractivity contribution in [1.82, 2.24) is 10.0 Å². The smallest absolute Gasteiger partial charge is 0.215 e. The first-order chi connectivity index (χ1) is 9.57. The topological polar surface area (TPSA) is 58.2 Å². The lowest BCUT2D eigenvalue weighted by atomic mass is 10.1. The van der Waals surface area contributed by atoms with Gasteiger partial charge < -0.3 is 5.32 Å². The van der Waals surface area contributed by atoms with Gasteiger partial charge in [0.25, 0.3) is 0 Å². The van der Waals surface area contributed by atoms with Gasteiger partial charge in [-0.3, -0.25) is 0 Å². The molecule has 1 rings (SSSR count). The second kappa shape index (κ2) is 9.10. The van der Waals surface area contributed by atoms with Crippen LogP contribution in [0, 0.1) is 0 Å². The molecule has 0 spiro atoms. The maximum Gasteiger partial charge on any atom is 0.215 e. The predicted molar refractivity (Wildman–Crippen MR) is 84.0 cm³/mol. The lowest BCUT2D eigenvalue weighted by Gasteiger charge is -2.08. The van der Waals surface area contributed by atoms with E-state index >= 15 is 0 Å². The highest BCUT2D eigenvalue weighted by Crippen LogP contribution is 2.09. The van der Waals surface area contributed by atoms with Crippen LogP contribution in [0.2, 0.25) is 0 Å². The molecule has 0 bridgehead atoms. The maximum absolute atomic E-state index is 12.0. The van der Waals surface area contributed by atoms with E-state index in [0.29, 0.717) is 6.54 Å². The Morgan fingerprint density at radius 3 is 2.55 bits per heavy atom. The highest BCUT2D eigenvalue weighted by Gasteiger charge is 2.10. The molecule has 0 aromatic heterocycles. The molecule has 2 N–H and O–H groups in total. The van der Waals surface area contributed by atoms with Gasteiger partial charge in [0.15, 0.2) is 0 Å². The molecule has 0 unspecified atom stereocenters. The molecule has 4 nitrogen and oxygen atoms in total. The first kappa shape index (κ1) is 17.1. The minimum atomic E-state index is -3.22. The molecule has 20 heavy (non-hydrogen) atoms. The number of hydrogen-bond donors (Lipinski definition) is 2. The van der Waals surface area contributed by atoms with Crippen molar-refractivity contribution in [3.8, 4) is 0 Å². The first-order valence-electron chi connectivity index (χ1n) is 7.27. The largest absolute Gasteiger partial charge is 0.316 e. The van der Waals surface area contributed by atoms with Crippen LogP contribution in [0.4, 0.5) is 0 Å². The summed E-state index contributed by atoms with van der Waals surface area (Å²) in [7, 11) is -1.35. The number of nitrogens with one attached hydrogen (secondary N) is 2. The summed E-state index contributed by atoms with van der Waals surface area (Å²) in [6.45, 7) is 3.43. The van der Waals surface area contributed by atoms with E-state index in [0.717, 1.165) is 43.4 Å². The normalized spacial score (nSPS) is 11.7. The summed E-state index contributed by atoms with van der Waals surface area (Å²) in [5.74, 6) is 0.0539. The molecule has 0 heterocycles. The van der Waals surface area contributed by atoms with E-state index in [-0.39, 0.29) is 5.75 Å². The summed E-state index contributed by atoms with van der Waals surface area (Å²) in [5, 5.41) is 3.06. The summed E-state index contributed by atoms with van der Waals surface area (Å²) < 4.78 is 26.6. The fourth-order valence-corrected chi connectivity index (χ4v) is 3.26. The number of benzene rings is 1. The molecule has 1 aromatic rings. The van der Waals surface area contributed by atoms with Gasteiger partial charge in [-0.25, -0.2) is 13.1 Å². The van der Waals surface area contributed by atoms with E-state index in [2.05, 4.69) is 17.0 Å². The molecule has 0 radical (unpaired) electrons. The second-order valence-electron chi connectivity index (χ2n) is 5.06. The monoisotopic (exact) mass is 298 g/mol. The average Bonchev–Trinajstić information content (AvgIpc) is 2.38. The molecule has 5 heteroatoms. The molecule has 0 saturated heterocycles. The van der Waals surface area contributed by atoms with Gasteiger partial charge >= 0.3 is 0 Å². The number of hydrogen-bond acceptors (Lipinski definition) is 3. The van der Waals surface area contributed by atoms with Gasteiger partial charge in [-0.1, -0.05) is 50.5 Å². The van der Waals surface area contributed by atoms with Crippen molar-refractivity contribution in [2.24, 2.45) is 0 Å². The van der Waals surface area contributed by atoms with Gasteiger partial charge in [0.1, 0.15) is 0 Å². The molecule has 0 aliphatic rings. The van der Waals surface area contributed by atoms with Gasteiger partial charge in [0.2, 0.25) is 10.0 Å². The SMILES string of the molecule is CCCCCCNS(=O)(=O)Cc1cccc(CNC)c1. The van der Waals surface area contributed by atoms with Crippen LogP contribution in [0.5, 0.6) is 0 Å². The number of unbranched alkanes of at least 4 members (excludes halogenated alkanes) is 3. The highest BCUT2D eigenvalue weighted by atomic mass is 32.2. The summed E-state index contributed by atoms with van der Waals surface area (Å²) >= 11 is 0. The van der Waals surface area contributed by atoms with Gasteiger partial charge in [-0.15, -0.1) is 0 Å². The molecular weight excluding hydrogens is 272 g/mol. The van der Waals surface area contributed by atoms with Crippen molar-refractivity contribution in [3.05, 3.63) is 35.4 Å². The van der Waals surface area contributed by atoms with Crippen LogP contribution in [0.15, 0.2) is 24.3 Å². The van der Waals surface area contributed by atoms with Crippen LogP contribution in [0.1, 0.15) is 43.7 Å². The van der Waals surface area contributed by atoms with E-state index < -0.39 is 10.0 Å². The zero-order chi connectivity index (χ0) is 14.8. The van der Waals surface area contributed by atoms with Crippen molar-refractivity contribution < 1.29 is 8.42 Å². The zero-order valence-electron chi connectivity index (χ0n) is 12.5. The fourth-order valence-electron chi connectivity index (χ4n) is 2.08. The third-order valence-electron chi connectivity index (χ3n) is 3.08. The van der Waals surface area contributed by atoms with Crippen LogP contribution in [0.25, 0.3) is 0 Å². The first-order valence-corrected chi connectivity index (χ1v) is 8.92. The molecule has 0 aliphatic carbocycles. The van der Waals surface area contributed by atoms with Crippen LogP contribution in [-0.4, -0.2) is 22.0 Å². The minimum Gasteiger partial charge on any atom is -0.316 e. The zero-order valence-corrected chi connectivity index (χ0v) is 13.3. The lowest BCUT2D eigenvalue weighted by Crippen LogP contribution is -2.26. The third kappa shape index (κ3) is 7.03. The Morgan fingerprint density at radius 2 is 1.85 bits per heavy atom.